The van der Waals surface area contributed by atoms with Crippen LogP contribution in [0.2, 0.25) is 0 Å². The van der Waals surface area contributed by atoms with Gasteiger partial charge in [-0.05, 0) is 48.5 Å². The standard InChI is InChI=1S/C22H15F2N3O2/c23-14-8-10-16(11-9-14)25-22(29)27-20-19(13-4-3-5-15(24)12-13)26-18-7-2-1-6-17(18)21(20)28/h1-12H,(H,26,28)(H2,25,27,29). The highest BCUT2D eigenvalue weighted by molar-refractivity contribution is 6.03. The Morgan fingerprint density at radius 2 is 1.59 bits per heavy atom. The fourth-order valence-corrected chi connectivity index (χ4v) is 3.02. The highest BCUT2D eigenvalue weighted by Crippen LogP contribution is 2.26. The van der Waals surface area contributed by atoms with Crippen LogP contribution in [0, 0.1) is 11.6 Å². The number of rotatable bonds is 3. The molecule has 0 saturated heterocycles. The van der Waals surface area contributed by atoms with E-state index in [9.17, 15) is 18.4 Å². The Hall–Kier alpha value is -4.00. The third kappa shape index (κ3) is 3.84. The molecule has 1 aromatic heterocycles. The van der Waals surface area contributed by atoms with Crippen molar-refractivity contribution in [3.63, 3.8) is 0 Å². The third-order valence-corrected chi connectivity index (χ3v) is 4.36. The topological polar surface area (TPSA) is 74.0 Å². The lowest BCUT2D eigenvalue weighted by molar-refractivity contribution is 0.262. The number of anilines is 2. The molecule has 144 valence electrons. The lowest BCUT2D eigenvalue weighted by atomic mass is 10.1. The zero-order chi connectivity index (χ0) is 20.4. The second-order valence-corrected chi connectivity index (χ2v) is 6.35. The first-order valence-corrected chi connectivity index (χ1v) is 8.76. The summed E-state index contributed by atoms with van der Waals surface area (Å²) in [6.45, 7) is 0. The van der Waals surface area contributed by atoms with Crippen LogP contribution in [-0.2, 0) is 0 Å². The van der Waals surface area contributed by atoms with Crippen LogP contribution in [0.4, 0.5) is 25.0 Å². The monoisotopic (exact) mass is 391 g/mol. The number of nitrogens with one attached hydrogen (secondary N) is 3. The number of amides is 2. The number of fused-ring (bicyclic) bond motifs is 1. The van der Waals surface area contributed by atoms with Crippen molar-refractivity contribution < 1.29 is 13.6 Å². The molecular weight excluding hydrogens is 376 g/mol. The molecule has 0 spiro atoms. The Kier molecular flexibility index (Phi) is 4.78. The van der Waals surface area contributed by atoms with Gasteiger partial charge in [0, 0.05) is 22.2 Å². The molecule has 0 saturated carbocycles. The van der Waals surface area contributed by atoms with E-state index >= 15 is 0 Å². The SMILES string of the molecule is O=C(Nc1ccc(F)cc1)Nc1c(-c2cccc(F)c2)[nH]c2ccccc2c1=O. The molecule has 0 unspecified atom stereocenters. The van der Waals surface area contributed by atoms with Crippen molar-refractivity contribution in [3.05, 3.63) is 94.7 Å². The van der Waals surface area contributed by atoms with Crippen molar-refractivity contribution in [2.75, 3.05) is 10.6 Å². The summed E-state index contributed by atoms with van der Waals surface area (Å²) in [6.07, 6.45) is 0. The zero-order valence-electron chi connectivity index (χ0n) is 15.0. The number of para-hydroxylation sites is 1. The number of halogens is 2. The molecule has 0 aliphatic heterocycles. The van der Waals surface area contributed by atoms with E-state index in [2.05, 4.69) is 15.6 Å². The number of carbonyl (C=O) groups is 1. The number of hydrogen-bond acceptors (Lipinski definition) is 2. The van der Waals surface area contributed by atoms with Crippen LogP contribution >= 0.6 is 0 Å². The number of aromatic nitrogens is 1. The Morgan fingerprint density at radius 1 is 0.828 bits per heavy atom. The molecule has 0 bridgehead atoms. The van der Waals surface area contributed by atoms with Gasteiger partial charge < -0.3 is 15.6 Å². The summed E-state index contributed by atoms with van der Waals surface area (Å²) in [6, 6.07) is 17.0. The van der Waals surface area contributed by atoms with E-state index in [1.807, 2.05) is 0 Å². The Balaban J connectivity index is 1.78. The minimum atomic E-state index is -0.685. The molecule has 0 radical (unpaired) electrons. The van der Waals surface area contributed by atoms with Crippen molar-refractivity contribution in [1.29, 1.82) is 0 Å². The molecule has 3 aromatic carbocycles. The van der Waals surface area contributed by atoms with Crippen LogP contribution < -0.4 is 16.1 Å². The number of aromatic amines is 1. The van der Waals surface area contributed by atoms with Gasteiger partial charge in [-0.25, -0.2) is 13.6 Å². The van der Waals surface area contributed by atoms with E-state index in [-0.39, 0.29) is 11.4 Å². The molecule has 0 atom stereocenters. The summed E-state index contributed by atoms with van der Waals surface area (Å²) in [5.41, 5.74) is 1.17. The number of carbonyl (C=O) groups excluding carboxylic acids is 1. The van der Waals surface area contributed by atoms with Crippen LogP contribution in [-0.4, -0.2) is 11.0 Å². The summed E-state index contributed by atoms with van der Waals surface area (Å²) in [4.78, 5) is 28.6. The minimum absolute atomic E-state index is 0.0195. The fourth-order valence-electron chi connectivity index (χ4n) is 3.02. The van der Waals surface area contributed by atoms with Gasteiger partial charge in [0.25, 0.3) is 0 Å². The Labute approximate surface area is 164 Å². The van der Waals surface area contributed by atoms with Gasteiger partial charge in [-0.15, -0.1) is 0 Å². The van der Waals surface area contributed by atoms with Gasteiger partial charge in [0.1, 0.15) is 17.3 Å². The van der Waals surface area contributed by atoms with Gasteiger partial charge in [-0.3, -0.25) is 4.79 Å². The van der Waals surface area contributed by atoms with E-state index in [0.29, 0.717) is 22.2 Å². The average Bonchev–Trinajstić information content (AvgIpc) is 2.72. The zero-order valence-corrected chi connectivity index (χ0v) is 15.0. The lowest BCUT2D eigenvalue weighted by Crippen LogP contribution is -2.24. The van der Waals surface area contributed by atoms with Crippen LogP contribution in [0.15, 0.2) is 77.6 Å². The summed E-state index contributed by atoms with van der Waals surface area (Å²) in [5.74, 6) is -0.909. The number of H-pyrrole nitrogens is 1. The predicted octanol–water partition coefficient (Wildman–Crippen LogP) is 5.12. The van der Waals surface area contributed by atoms with Crippen LogP contribution in [0.1, 0.15) is 0 Å². The number of pyridine rings is 1. The summed E-state index contributed by atoms with van der Waals surface area (Å²) in [5, 5.41) is 5.46. The highest BCUT2D eigenvalue weighted by Gasteiger charge is 2.16. The second kappa shape index (κ2) is 7.55. The van der Waals surface area contributed by atoms with Crippen LogP contribution in [0.3, 0.4) is 0 Å². The first kappa shape index (κ1) is 18.4. The molecule has 4 rings (SSSR count). The largest absolute Gasteiger partial charge is 0.353 e. The maximum atomic E-state index is 13.8. The van der Waals surface area contributed by atoms with Gasteiger partial charge >= 0.3 is 6.03 Å². The van der Waals surface area contributed by atoms with Crippen molar-refractivity contribution in [2.24, 2.45) is 0 Å². The predicted molar refractivity (Wildman–Crippen MR) is 109 cm³/mol. The third-order valence-electron chi connectivity index (χ3n) is 4.36. The van der Waals surface area contributed by atoms with Crippen molar-refractivity contribution >= 4 is 28.3 Å². The van der Waals surface area contributed by atoms with E-state index in [0.717, 1.165) is 0 Å². The first-order valence-electron chi connectivity index (χ1n) is 8.76. The maximum absolute atomic E-state index is 13.8. The summed E-state index contributed by atoms with van der Waals surface area (Å²) >= 11 is 0. The van der Waals surface area contributed by atoms with Gasteiger partial charge in [0.15, 0.2) is 0 Å². The molecule has 1 heterocycles. The Morgan fingerprint density at radius 3 is 2.34 bits per heavy atom. The van der Waals surface area contributed by atoms with Crippen LogP contribution in [0.25, 0.3) is 22.2 Å². The van der Waals surface area contributed by atoms with Gasteiger partial charge in [-0.2, -0.15) is 0 Å². The van der Waals surface area contributed by atoms with Gasteiger partial charge in [0.05, 0.1) is 5.69 Å². The average molecular weight is 391 g/mol. The maximum Gasteiger partial charge on any atom is 0.323 e. The summed E-state index contributed by atoms with van der Waals surface area (Å²) in [7, 11) is 0. The van der Waals surface area contributed by atoms with E-state index in [1.54, 1.807) is 30.3 Å². The second-order valence-electron chi connectivity index (χ2n) is 6.35. The normalized spacial score (nSPS) is 10.7. The molecular formula is C22H15F2N3O2. The molecule has 2 amide bonds. The number of hydrogen-bond donors (Lipinski definition) is 3. The molecule has 4 aromatic rings. The smallest absolute Gasteiger partial charge is 0.323 e. The van der Waals surface area contributed by atoms with E-state index < -0.39 is 23.1 Å². The van der Waals surface area contributed by atoms with E-state index in [1.165, 1.54) is 42.5 Å². The molecule has 0 fully saturated rings. The minimum Gasteiger partial charge on any atom is -0.353 e. The number of benzene rings is 3. The van der Waals surface area contributed by atoms with Gasteiger partial charge in [0.2, 0.25) is 5.43 Å². The number of urea groups is 1. The first-order chi connectivity index (χ1) is 14.0. The summed E-state index contributed by atoms with van der Waals surface area (Å²) < 4.78 is 26.8. The molecule has 7 heteroatoms. The quantitative estimate of drug-likeness (QED) is 0.454. The van der Waals surface area contributed by atoms with E-state index in [4.69, 9.17) is 0 Å². The van der Waals surface area contributed by atoms with Crippen molar-refractivity contribution in [2.45, 2.75) is 0 Å². The lowest BCUT2D eigenvalue weighted by Gasteiger charge is -2.13. The van der Waals surface area contributed by atoms with Crippen LogP contribution in [0.5, 0.6) is 0 Å². The van der Waals surface area contributed by atoms with Gasteiger partial charge in [-0.1, -0.05) is 24.3 Å². The van der Waals surface area contributed by atoms with Crippen molar-refractivity contribution in [3.8, 4) is 11.3 Å². The molecule has 5 nitrogen and oxygen atoms in total. The Bertz CT molecular complexity index is 1270. The molecule has 0 aliphatic rings. The fraction of sp³-hybridized carbons (Fsp3) is 0. The molecule has 3 N–H and O–H groups in total. The molecule has 29 heavy (non-hydrogen) atoms. The molecule has 0 aliphatic carbocycles. The highest BCUT2D eigenvalue weighted by atomic mass is 19.1. The van der Waals surface area contributed by atoms with Crippen molar-refractivity contribution in [1.82, 2.24) is 4.98 Å².